The highest BCUT2D eigenvalue weighted by Crippen LogP contribution is 2.24. The maximum Gasteiger partial charge on any atom is 0.309 e. The number of amides is 2. The second kappa shape index (κ2) is 7.15. The number of fused-ring (bicyclic) bond motifs is 1. The van der Waals surface area contributed by atoms with E-state index in [2.05, 4.69) is 18.8 Å². The van der Waals surface area contributed by atoms with Gasteiger partial charge in [-0.05, 0) is 18.3 Å². The predicted molar refractivity (Wildman–Crippen MR) is 93.0 cm³/mol. The normalized spacial score (nSPS) is 24.1. The lowest BCUT2D eigenvalue weighted by molar-refractivity contribution is -0.130. The van der Waals surface area contributed by atoms with E-state index in [9.17, 15) is 9.59 Å². The number of aromatic nitrogens is 1. The Morgan fingerprint density at radius 1 is 1.24 bits per heavy atom. The SMILES string of the molecule is C[C@H]1C[C@H](C)CN(C(=O)c2nc3c(o2)CCN(CC(=O)N(C)C)C3)C1. The highest BCUT2D eigenvalue weighted by Gasteiger charge is 2.31. The van der Waals surface area contributed by atoms with Crippen molar-refractivity contribution in [2.45, 2.75) is 33.2 Å². The zero-order chi connectivity index (χ0) is 18.1. The molecule has 0 bridgehead atoms. The molecule has 2 aliphatic rings. The minimum absolute atomic E-state index is 0.0690. The van der Waals surface area contributed by atoms with Gasteiger partial charge in [0.2, 0.25) is 5.91 Å². The van der Waals surface area contributed by atoms with Crippen LogP contribution in [0.4, 0.5) is 0 Å². The molecule has 0 N–H and O–H groups in total. The van der Waals surface area contributed by atoms with Crippen molar-refractivity contribution in [3.05, 3.63) is 17.3 Å². The first-order chi connectivity index (χ1) is 11.8. The number of oxazole rings is 1. The zero-order valence-electron chi connectivity index (χ0n) is 15.6. The van der Waals surface area contributed by atoms with E-state index in [1.165, 1.54) is 0 Å². The van der Waals surface area contributed by atoms with Crippen molar-refractivity contribution in [2.24, 2.45) is 11.8 Å². The van der Waals surface area contributed by atoms with Gasteiger partial charge in [-0.2, -0.15) is 0 Å². The van der Waals surface area contributed by atoms with Gasteiger partial charge in [0.1, 0.15) is 5.76 Å². The van der Waals surface area contributed by atoms with Crippen LogP contribution in [-0.2, 0) is 17.8 Å². The second-order valence-electron chi connectivity index (χ2n) is 7.79. The van der Waals surface area contributed by atoms with Crippen molar-refractivity contribution >= 4 is 11.8 Å². The Kier molecular flexibility index (Phi) is 5.13. The first-order valence-corrected chi connectivity index (χ1v) is 9.03. The van der Waals surface area contributed by atoms with E-state index in [0.717, 1.165) is 37.5 Å². The fourth-order valence-electron chi connectivity index (χ4n) is 3.78. The van der Waals surface area contributed by atoms with Crippen LogP contribution in [0, 0.1) is 11.8 Å². The van der Waals surface area contributed by atoms with E-state index in [1.54, 1.807) is 19.0 Å². The van der Waals surface area contributed by atoms with Crippen molar-refractivity contribution in [2.75, 3.05) is 40.3 Å². The molecule has 2 aliphatic heterocycles. The smallest absolute Gasteiger partial charge is 0.309 e. The molecule has 7 heteroatoms. The number of nitrogens with zero attached hydrogens (tertiary/aromatic N) is 4. The third kappa shape index (κ3) is 4.03. The van der Waals surface area contributed by atoms with E-state index in [0.29, 0.717) is 31.3 Å². The molecule has 2 atom stereocenters. The van der Waals surface area contributed by atoms with Gasteiger partial charge in [-0.1, -0.05) is 13.8 Å². The van der Waals surface area contributed by atoms with Crippen molar-refractivity contribution in [1.82, 2.24) is 19.7 Å². The maximum atomic E-state index is 12.8. The lowest BCUT2D eigenvalue weighted by Gasteiger charge is -2.34. The molecular weight excluding hydrogens is 320 g/mol. The summed E-state index contributed by atoms with van der Waals surface area (Å²) in [5, 5.41) is 0. The van der Waals surface area contributed by atoms with Crippen LogP contribution in [0.1, 0.15) is 42.4 Å². The number of carbonyl (C=O) groups excluding carboxylic acids is 2. The number of piperidine rings is 1. The van der Waals surface area contributed by atoms with Crippen LogP contribution in [0.5, 0.6) is 0 Å². The van der Waals surface area contributed by atoms with Crippen molar-refractivity contribution < 1.29 is 14.0 Å². The van der Waals surface area contributed by atoms with Crippen LogP contribution in [0.25, 0.3) is 0 Å². The number of hydrogen-bond acceptors (Lipinski definition) is 5. The number of carbonyl (C=O) groups is 2. The van der Waals surface area contributed by atoms with E-state index < -0.39 is 0 Å². The molecule has 1 aromatic heterocycles. The molecule has 0 radical (unpaired) electrons. The fraction of sp³-hybridized carbons (Fsp3) is 0.722. The largest absolute Gasteiger partial charge is 0.437 e. The molecule has 25 heavy (non-hydrogen) atoms. The summed E-state index contributed by atoms with van der Waals surface area (Å²) < 4.78 is 5.77. The number of likely N-dealkylation sites (N-methyl/N-ethyl adjacent to an activating group) is 1. The molecule has 3 rings (SSSR count). The van der Waals surface area contributed by atoms with Gasteiger partial charge in [0, 0.05) is 46.7 Å². The number of hydrogen-bond donors (Lipinski definition) is 0. The summed E-state index contributed by atoms with van der Waals surface area (Å²) in [6.45, 7) is 7.54. The number of likely N-dealkylation sites (tertiary alicyclic amines) is 1. The van der Waals surface area contributed by atoms with Gasteiger partial charge >= 0.3 is 5.91 Å². The van der Waals surface area contributed by atoms with Crippen molar-refractivity contribution in [1.29, 1.82) is 0 Å². The highest BCUT2D eigenvalue weighted by molar-refractivity contribution is 5.89. The van der Waals surface area contributed by atoms with Crippen LogP contribution >= 0.6 is 0 Å². The second-order valence-corrected chi connectivity index (χ2v) is 7.79. The first kappa shape index (κ1) is 17.9. The average Bonchev–Trinajstić information content (AvgIpc) is 2.96. The van der Waals surface area contributed by atoms with Gasteiger partial charge in [-0.25, -0.2) is 4.98 Å². The maximum absolute atomic E-state index is 12.8. The summed E-state index contributed by atoms with van der Waals surface area (Å²) in [7, 11) is 3.51. The Labute approximate surface area is 149 Å². The summed E-state index contributed by atoms with van der Waals surface area (Å²) in [4.78, 5) is 34.6. The summed E-state index contributed by atoms with van der Waals surface area (Å²) in [5.74, 6) is 1.96. The van der Waals surface area contributed by atoms with Crippen LogP contribution in [0.2, 0.25) is 0 Å². The Hall–Kier alpha value is -1.89. The molecule has 1 saturated heterocycles. The molecule has 0 aliphatic carbocycles. The van der Waals surface area contributed by atoms with E-state index in [1.807, 2.05) is 9.80 Å². The topological polar surface area (TPSA) is 69.9 Å². The molecule has 1 aromatic rings. The standard InChI is InChI=1S/C18H28N4O3/c1-12-7-13(2)9-22(8-12)18(24)17-19-14-10-21(6-5-15(14)25-17)11-16(23)20(3)4/h12-13H,5-11H2,1-4H3/t12-,13-/m0/s1. The van der Waals surface area contributed by atoms with Crippen LogP contribution in [0.15, 0.2) is 4.42 Å². The van der Waals surface area contributed by atoms with E-state index in [4.69, 9.17) is 4.42 Å². The highest BCUT2D eigenvalue weighted by atomic mass is 16.4. The molecule has 2 amide bonds. The van der Waals surface area contributed by atoms with Crippen molar-refractivity contribution in [3.63, 3.8) is 0 Å². The van der Waals surface area contributed by atoms with Gasteiger partial charge in [-0.3, -0.25) is 14.5 Å². The van der Waals surface area contributed by atoms with E-state index in [-0.39, 0.29) is 17.7 Å². The first-order valence-electron chi connectivity index (χ1n) is 9.03. The zero-order valence-corrected chi connectivity index (χ0v) is 15.6. The molecule has 1 fully saturated rings. The third-order valence-corrected chi connectivity index (χ3v) is 5.00. The quantitative estimate of drug-likeness (QED) is 0.822. The molecule has 0 aromatic carbocycles. The van der Waals surface area contributed by atoms with Crippen molar-refractivity contribution in [3.8, 4) is 0 Å². The van der Waals surface area contributed by atoms with Gasteiger partial charge in [0.25, 0.3) is 5.89 Å². The lowest BCUT2D eigenvalue weighted by Crippen LogP contribution is -2.42. The van der Waals surface area contributed by atoms with Gasteiger partial charge < -0.3 is 14.2 Å². The Bertz CT molecular complexity index is 645. The minimum atomic E-state index is -0.108. The predicted octanol–water partition coefficient (Wildman–Crippen LogP) is 1.24. The minimum Gasteiger partial charge on any atom is -0.437 e. The molecule has 7 nitrogen and oxygen atoms in total. The van der Waals surface area contributed by atoms with Crippen LogP contribution in [0.3, 0.4) is 0 Å². The van der Waals surface area contributed by atoms with Gasteiger partial charge in [0.15, 0.2) is 0 Å². The van der Waals surface area contributed by atoms with Gasteiger partial charge in [0.05, 0.1) is 12.2 Å². The molecule has 3 heterocycles. The lowest BCUT2D eigenvalue weighted by atomic mass is 9.92. The Balaban J connectivity index is 1.67. The molecule has 138 valence electrons. The molecule has 0 saturated carbocycles. The fourth-order valence-corrected chi connectivity index (χ4v) is 3.78. The molecule has 0 spiro atoms. The Morgan fingerprint density at radius 3 is 2.56 bits per heavy atom. The summed E-state index contributed by atoms with van der Waals surface area (Å²) in [6.07, 6.45) is 1.84. The monoisotopic (exact) mass is 348 g/mol. The Morgan fingerprint density at radius 2 is 1.92 bits per heavy atom. The molecular formula is C18H28N4O3. The molecule has 0 unspecified atom stereocenters. The third-order valence-electron chi connectivity index (χ3n) is 5.00. The number of rotatable bonds is 3. The average molecular weight is 348 g/mol. The van der Waals surface area contributed by atoms with Crippen LogP contribution < -0.4 is 0 Å². The summed E-state index contributed by atoms with van der Waals surface area (Å²) >= 11 is 0. The van der Waals surface area contributed by atoms with Crippen LogP contribution in [-0.4, -0.2) is 71.8 Å². The van der Waals surface area contributed by atoms with Gasteiger partial charge in [-0.15, -0.1) is 0 Å². The summed E-state index contributed by atoms with van der Waals surface area (Å²) in [6, 6.07) is 0. The van der Waals surface area contributed by atoms with E-state index >= 15 is 0 Å². The summed E-state index contributed by atoms with van der Waals surface area (Å²) in [5.41, 5.74) is 0.791.